The SMILES string of the molecule is CCOc1ccc([C@@H]2CC(=O)Nc3c2sc(C(=O)O)c3-c2cccc(F)c2)cc1OCC. The van der Waals surface area contributed by atoms with Crippen molar-refractivity contribution in [2.75, 3.05) is 18.5 Å². The molecule has 32 heavy (non-hydrogen) atoms. The average Bonchev–Trinajstić information content (AvgIpc) is 3.14. The van der Waals surface area contributed by atoms with Crippen molar-refractivity contribution in [2.45, 2.75) is 26.2 Å². The van der Waals surface area contributed by atoms with E-state index in [4.69, 9.17) is 9.47 Å². The summed E-state index contributed by atoms with van der Waals surface area (Å²) in [5.41, 5.74) is 1.97. The van der Waals surface area contributed by atoms with Gasteiger partial charge in [0, 0.05) is 22.8 Å². The zero-order valence-electron chi connectivity index (χ0n) is 17.6. The number of benzene rings is 2. The van der Waals surface area contributed by atoms with Gasteiger partial charge in [-0.25, -0.2) is 9.18 Å². The largest absolute Gasteiger partial charge is 0.490 e. The molecule has 0 saturated carbocycles. The Labute approximate surface area is 188 Å². The first-order valence-corrected chi connectivity index (χ1v) is 11.1. The number of rotatable bonds is 7. The minimum Gasteiger partial charge on any atom is -0.490 e. The van der Waals surface area contributed by atoms with Crippen molar-refractivity contribution in [1.82, 2.24) is 0 Å². The zero-order chi connectivity index (χ0) is 22.8. The highest BCUT2D eigenvalue weighted by atomic mass is 32.1. The minimum atomic E-state index is -1.13. The van der Waals surface area contributed by atoms with Crippen molar-refractivity contribution in [3.63, 3.8) is 0 Å². The van der Waals surface area contributed by atoms with E-state index < -0.39 is 11.8 Å². The third-order valence-corrected chi connectivity index (χ3v) is 6.47. The zero-order valence-corrected chi connectivity index (χ0v) is 18.4. The second kappa shape index (κ2) is 9.00. The summed E-state index contributed by atoms with van der Waals surface area (Å²) < 4.78 is 25.3. The average molecular weight is 456 g/mol. The van der Waals surface area contributed by atoms with Crippen LogP contribution in [0.15, 0.2) is 42.5 Å². The number of anilines is 1. The van der Waals surface area contributed by atoms with E-state index in [0.29, 0.717) is 46.4 Å². The highest BCUT2D eigenvalue weighted by Crippen LogP contribution is 2.50. The van der Waals surface area contributed by atoms with Crippen LogP contribution in [0.1, 0.15) is 46.3 Å². The number of hydrogen-bond donors (Lipinski definition) is 2. The predicted octanol–water partition coefficient (Wildman–Crippen LogP) is 5.52. The summed E-state index contributed by atoms with van der Waals surface area (Å²) in [4.78, 5) is 25.5. The number of thiophene rings is 1. The van der Waals surface area contributed by atoms with Crippen molar-refractivity contribution < 1.29 is 28.6 Å². The smallest absolute Gasteiger partial charge is 0.346 e. The lowest BCUT2D eigenvalue weighted by atomic mass is 9.88. The molecule has 166 valence electrons. The van der Waals surface area contributed by atoms with Gasteiger partial charge < -0.3 is 19.9 Å². The summed E-state index contributed by atoms with van der Waals surface area (Å²) in [6.45, 7) is 4.69. The number of carboxylic acid groups (broad SMARTS) is 1. The first-order valence-electron chi connectivity index (χ1n) is 10.3. The maximum atomic E-state index is 13.9. The molecule has 2 aromatic carbocycles. The topological polar surface area (TPSA) is 84.9 Å². The Morgan fingerprint density at radius 2 is 1.91 bits per heavy atom. The highest BCUT2D eigenvalue weighted by Gasteiger charge is 2.35. The summed E-state index contributed by atoms with van der Waals surface area (Å²) in [6, 6.07) is 11.2. The van der Waals surface area contributed by atoms with Crippen molar-refractivity contribution in [3.05, 3.63) is 63.6 Å². The molecule has 8 heteroatoms. The number of halogens is 1. The molecule has 1 aliphatic rings. The quantitative estimate of drug-likeness (QED) is 0.490. The Hall–Kier alpha value is -3.39. The molecule has 0 radical (unpaired) electrons. The lowest BCUT2D eigenvalue weighted by molar-refractivity contribution is -0.116. The van der Waals surface area contributed by atoms with E-state index in [0.717, 1.165) is 16.9 Å². The number of fused-ring (bicyclic) bond motifs is 1. The number of aromatic carboxylic acids is 1. The fourth-order valence-corrected chi connectivity index (χ4v) is 5.16. The molecule has 0 spiro atoms. The third-order valence-electron chi connectivity index (χ3n) is 5.18. The van der Waals surface area contributed by atoms with Gasteiger partial charge in [-0.05, 0) is 49.2 Å². The molecule has 1 aromatic heterocycles. The van der Waals surface area contributed by atoms with E-state index in [-0.39, 0.29) is 23.1 Å². The first-order chi connectivity index (χ1) is 15.4. The van der Waals surface area contributed by atoms with Gasteiger partial charge in [0.1, 0.15) is 10.7 Å². The van der Waals surface area contributed by atoms with Gasteiger partial charge in [-0.2, -0.15) is 0 Å². The third kappa shape index (κ3) is 4.05. The van der Waals surface area contributed by atoms with E-state index in [1.807, 2.05) is 26.0 Å². The Bertz CT molecular complexity index is 1190. The summed E-state index contributed by atoms with van der Waals surface area (Å²) >= 11 is 1.10. The van der Waals surface area contributed by atoms with E-state index in [1.54, 1.807) is 12.1 Å². The van der Waals surface area contributed by atoms with E-state index in [9.17, 15) is 19.1 Å². The normalized spacial score (nSPS) is 15.1. The molecule has 1 aliphatic heterocycles. The first kappa shape index (κ1) is 21.8. The van der Waals surface area contributed by atoms with Crippen LogP contribution in [0.2, 0.25) is 0 Å². The van der Waals surface area contributed by atoms with Gasteiger partial charge in [-0.3, -0.25) is 4.79 Å². The van der Waals surface area contributed by atoms with Gasteiger partial charge in [-0.1, -0.05) is 18.2 Å². The lowest BCUT2D eigenvalue weighted by Crippen LogP contribution is -2.22. The summed E-state index contributed by atoms with van der Waals surface area (Å²) in [5, 5.41) is 12.7. The summed E-state index contributed by atoms with van der Waals surface area (Å²) in [6.07, 6.45) is 0.161. The van der Waals surface area contributed by atoms with Gasteiger partial charge in [0.05, 0.1) is 18.9 Å². The number of carbonyl (C=O) groups is 2. The van der Waals surface area contributed by atoms with Crippen LogP contribution in [-0.4, -0.2) is 30.2 Å². The second-order valence-corrected chi connectivity index (χ2v) is 8.29. The maximum absolute atomic E-state index is 13.9. The van der Waals surface area contributed by atoms with Gasteiger partial charge in [0.25, 0.3) is 0 Å². The van der Waals surface area contributed by atoms with E-state index in [2.05, 4.69) is 5.32 Å². The molecule has 0 bridgehead atoms. The number of hydrogen-bond acceptors (Lipinski definition) is 5. The molecule has 6 nitrogen and oxygen atoms in total. The molecular formula is C24H22FNO5S. The van der Waals surface area contributed by atoms with E-state index in [1.165, 1.54) is 18.2 Å². The van der Waals surface area contributed by atoms with Crippen molar-refractivity contribution in [3.8, 4) is 22.6 Å². The van der Waals surface area contributed by atoms with Crippen LogP contribution in [0.4, 0.5) is 10.1 Å². The summed E-state index contributed by atoms with van der Waals surface area (Å²) in [5.74, 6) is -1.03. The van der Waals surface area contributed by atoms with Crippen LogP contribution in [0.25, 0.3) is 11.1 Å². The molecule has 4 rings (SSSR count). The Kier molecular flexibility index (Phi) is 6.14. The number of amides is 1. The van der Waals surface area contributed by atoms with Crippen LogP contribution in [0.5, 0.6) is 11.5 Å². The standard InChI is InChI=1S/C24H22FNO5S/c1-3-30-17-9-8-13(11-18(17)31-4-2)16-12-19(27)26-21-20(14-6-5-7-15(25)10-14)23(24(28)29)32-22(16)21/h5-11,16H,3-4,12H2,1-2H3,(H,26,27)(H,28,29)/t16-/m0/s1. The Balaban J connectivity index is 1.87. The monoisotopic (exact) mass is 455 g/mol. The molecule has 0 saturated heterocycles. The van der Waals surface area contributed by atoms with Crippen LogP contribution in [0.3, 0.4) is 0 Å². The van der Waals surface area contributed by atoms with Gasteiger partial charge >= 0.3 is 5.97 Å². The van der Waals surface area contributed by atoms with Crippen molar-refractivity contribution in [2.24, 2.45) is 0 Å². The molecule has 3 aromatic rings. The predicted molar refractivity (Wildman–Crippen MR) is 121 cm³/mol. The lowest BCUT2D eigenvalue weighted by Gasteiger charge is -2.24. The van der Waals surface area contributed by atoms with Gasteiger partial charge in [0.2, 0.25) is 5.91 Å². The number of ether oxygens (including phenoxy) is 2. The Morgan fingerprint density at radius 3 is 2.59 bits per heavy atom. The summed E-state index contributed by atoms with van der Waals surface area (Å²) in [7, 11) is 0. The number of carboxylic acids is 1. The molecule has 2 N–H and O–H groups in total. The fourth-order valence-electron chi connectivity index (χ4n) is 3.91. The van der Waals surface area contributed by atoms with Crippen molar-refractivity contribution >= 4 is 28.9 Å². The van der Waals surface area contributed by atoms with Gasteiger partial charge in [0.15, 0.2) is 11.5 Å². The molecule has 0 aliphatic carbocycles. The minimum absolute atomic E-state index is 0.0590. The van der Waals surface area contributed by atoms with E-state index >= 15 is 0 Å². The van der Waals surface area contributed by atoms with Crippen LogP contribution in [-0.2, 0) is 4.79 Å². The molecule has 0 unspecified atom stereocenters. The molecule has 2 heterocycles. The second-order valence-electron chi connectivity index (χ2n) is 7.24. The van der Waals surface area contributed by atoms with Crippen LogP contribution in [0, 0.1) is 5.82 Å². The molecule has 0 fully saturated rings. The fraction of sp³-hybridized carbons (Fsp3) is 0.250. The Morgan fingerprint density at radius 1 is 1.16 bits per heavy atom. The number of nitrogens with one attached hydrogen (secondary N) is 1. The van der Waals surface area contributed by atoms with Crippen LogP contribution < -0.4 is 14.8 Å². The van der Waals surface area contributed by atoms with Gasteiger partial charge in [-0.15, -0.1) is 11.3 Å². The van der Waals surface area contributed by atoms with Crippen LogP contribution >= 0.6 is 11.3 Å². The maximum Gasteiger partial charge on any atom is 0.346 e. The molecule has 1 atom stereocenters. The molecule has 1 amide bonds. The molecular weight excluding hydrogens is 433 g/mol. The highest BCUT2D eigenvalue weighted by molar-refractivity contribution is 7.15. The number of carbonyl (C=O) groups excluding carboxylic acids is 1. The van der Waals surface area contributed by atoms with Crippen molar-refractivity contribution in [1.29, 1.82) is 0 Å².